The molecule has 0 radical (unpaired) electrons. The van der Waals surface area contributed by atoms with Gasteiger partial charge in [-0.05, 0) is 36.5 Å². The van der Waals surface area contributed by atoms with Crippen LogP contribution in [0.3, 0.4) is 0 Å². The van der Waals surface area contributed by atoms with Crippen LogP contribution in [0.5, 0.6) is 11.5 Å². The van der Waals surface area contributed by atoms with Gasteiger partial charge in [0, 0.05) is 12.6 Å². The van der Waals surface area contributed by atoms with E-state index in [1.807, 2.05) is 19.1 Å². The molecule has 5 heteroatoms. The summed E-state index contributed by atoms with van der Waals surface area (Å²) in [6.45, 7) is 2.18. The molecule has 112 valence electrons. The number of nitrogens with two attached hydrogens (primary N) is 1. The molecule has 0 saturated carbocycles. The second kappa shape index (κ2) is 7.75. The summed E-state index contributed by atoms with van der Waals surface area (Å²) in [4.78, 5) is 11.1. The zero-order valence-electron chi connectivity index (χ0n) is 12.3. The Morgan fingerprint density at radius 2 is 1.80 bits per heavy atom. The molecule has 1 rings (SSSR count). The highest BCUT2D eigenvalue weighted by Crippen LogP contribution is 2.32. The number of carboxylic acids is 1. The maximum atomic E-state index is 11.1. The van der Waals surface area contributed by atoms with E-state index in [0.717, 1.165) is 12.0 Å². The highest BCUT2D eigenvalue weighted by molar-refractivity contribution is 5.70. The average Bonchev–Trinajstić information content (AvgIpc) is 2.47. The lowest BCUT2D eigenvalue weighted by molar-refractivity contribution is -0.141. The summed E-state index contributed by atoms with van der Waals surface area (Å²) in [6, 6.07) is 5.64. The monoisotopic (exact) mass is 281 g/mol. The van der Waals surface area contributed by atoms with Crippen LogP contribution in [0.4, 0.5) is 0 Å². The number of aliphatic carboxylic acids is 1. The van der Waals surface area contributed by atoms with Gasteiger partial charge in [-0.15, -0.1) is 0 Å². The van der Waals surface area contributed by atoms with E-state index in [1.54, 1.807) is 20.3 Å². The third kappa shape index (κ3) is 4.13. The minimum absolute atomic E-state index is 0.114. The van der Waals surface area contributed by atoms with Gasteiger partial charge in [-0.3, -0.25) is 4.79 Å². The van der Waals surface area contributed by atoms with Gasteiger partial charge in [0.15, 0.2) is 0 Å². The van der Waals surface area contributed by atoms with Crippen LogP contribution in [0.1, 0.15) is 31.2 Å². The molecule has 2 atom stereocenters. The summed E-state index contributed by atoms with van der Waals surface area (Å²) in [5, 5.41) is 9.14. The molecule has 0 aliphatic carbocycles. The molecular formula is C15H23NO4. The largest absolute Gasteiger partial charge is 0.497 e. The molecule has 0 aliphatic rings. The number of carboxylic acid groups (broad SMARTS) is 1. The maximum Gasteiger partial charge on any atom is 0.307 e. The lowest BCUT2D eigenvalue weighted by Gasteiger charge is -2.20. The van der Waals surface area contributed by atoms with Gasteiger partial charge in [0.1, 0.15) is 11.5 Å². The van der Waals surface area contributed by atoms with Crippen molar-refractivity contribution in [3.63, 3.8) is 0 Å². The van der Waals surface area contributed by atoms with Gasteiger partial charge in [-0.1, -0.05) is 6.92 Å². The number of benzene rings is 1. The van der Waals surface area contributed by atoms with Gasteiger partial charge in [0.05, 0.1) is 20.1 Å². The zero-order valence-corrected chi connectivity index (χ0v) is 12.3. The second-order valence-electron chi connectivity index (χ2n) is 4.76. The third-order valence-electron chi connectivity index (χ3n) is 3.54. The van der Waals surface area contributed by atoms with Crippen molar-refractivity contribution < 1.29 is 19.4 Å². The molecular weight excluding hydrogens is 258 g/mol. The predicted molar refractivity (Wildman–Crippen MR) is 77.4 cm³/mol. The first-order valence-electron chi connectivity index (χ1n) is 6.71. The number of hydrogen-bond acceptors (Lipinski definition) is 4. The molecule has 2 unspecified atom stereocenters. The highest BCUT2D eigenvalue weighted by atomic mass is 16.5. The van der Waals surface area contributed by atoms with Gasteiger partial charge in [0.25, 0.3) is 0 Å². The van der Waals surface area contributed by atoms with Crippen LogP contribution >= 0.6 is 0 Å². The second-order valence-corrected chi connectivity index (χ2v) is 4.76. The first-order valence-corrected chi connectivity index (χ1v) is 6.71. The average molecular weight is 281 g/mol. The van der Waals surface area contributed by atoms with E-state index in [1.165, 1.54) is 0 Å². The minimum Gasteiger partial charge on any atom is -0.497 e. The van der Waals surface area contributed by atoms with Crippen LogP contribution in [-0.4, -0.2) is 31.8 Å². The molecule has 0 bridgehead atoms. The van der Waals surface area contributed by atoms with Crippen molar-refractivity contribution in [2.75, 3.05) is 20.8 Å². The van der Waals surface area contributed by atoms with Crippen LogP contribution in [-0.2, 0) is 4.79 Å². The normalized spacial score (nSPS) is 13.6. The number of carbonyl (C=O) groups is 1. The van der Waals surface area contributed by atoms with E-state index in [9.17, 15) is 4.79 Å². The van der Waals surface area contributed by atoms with Crippen LogP contribution in [0, 0.1) is 5.92 Å². The molecule has 0 aliphatic heterocycles. The van der Waals surface area contributed by atoms with E-state index in [0.29, 0.717) is 17.9 Å². The van der Waals surface area contributed by atoms with E-state index >= 15 is 0 Å². The Balaban J connectivity index is 3.01. The zero-order chi connectivity index (χ0) is 15.1. The topological polar surface area (TPSA) is 81.8 Å². The van der Waals surface area contributed by atoms with Crippen molar-refractivity contribution in [3.8, 4) is 11.5 Å². The maximum absolute atomic E-state index is 11.1. The predicted octanol–water partition coefficient (Wildman–Crippen LogP) is 2.25. The summed E-state index contributed by atoms with van der Waals surface area (Å²) in [7, 11) is 3.19. The van der Waals surface area contributed by atoms with E-state index in [4.69, 9.17) is 20.3 Å². The molecule has 0 fully saturated rings. The molecule has 20 heavy (non-hydrogen) atoms. The summed E-state index contributed by atoms with van der Waals surface area (Å²) in [6.07, 6.45) is 1.35. The molecule has 0 spiro atoms. The molecule has 1 aromatic rings. The minimum atomic E-state index is -0.846. The summed E-state index contributed by atoms with van der Waals surface area (Å²) in [5.41, 5.74) is 6.55. The molecule has 0 saturated heterocycles. The van der Waals surface area contributed by atoms with Crippen LogP contribution in [0.2, 0.25) is 0 Å². The van der Waals surface area contributed by atoms with Crippen LogP contribution < -0.4 is 15.2 Å². The fraction of sp³-hybridized carbons (Fsp3) is 0.533. The first kappa shape index (κ1) is 16.3. The quantitative estimate of drug-likeness (QED) is 0.763. The molecule has 5 nitrogen and oxygen atoms in total. The van der Waals surface area contributed by atoms with Crippen molar-refractivity contribution in [2.45, 2.75) is 25.7 Å². The van der Waals surface area contributed by atoms with Gasteiger partial charge >= 0.3 is 5.97 Å². The molecule has 0 aromatic heterocycles. The lowest BCUT2D eigenvalue weighted by atomic mass is 9.86. The van der Waals surface area contributed by atoms with Gasteiger partial charge < -0.3 is 20.3 Å². The smallest absolute Gasteiger partial charge is 0.307 e. The molecule has 0 amide bonds. The fourth-order valence-electron chi connectivity index (χ4n) is 2.24. The standard InChI is InChI=1S/C15H23NO4/c1-4-10(5-12(9-16)15(17)18)11-6-13(19-2)8-14(7-11)20-3/h6-8,10,12H,4-5,9,16H2,1-3H3,(H,17,18). The van der Waals surface area contributed by atoms with Crippen molar-refractivity contribution in [3.05, 3.63) is 23.8 Å². The van der Waals surface area contributed by atoms with Crippen molar-refractivity contribution in [1.82, 2.24) is 0 Å². The molecule has 0 heterocycles. The SMILES string of the molecule is CCC(CC(CN)C(=O)O)c1cc(OC)cc(OC)c1. The summed E-state index contributed by atoms with van der Waals surface area (Å²) >= 11 is 0. The Bertz CT molecular complexity index is 425. The number of hydrogen-bond donors (Lipinski definition) is 2. The Kier molecular flexibility index (Phi) is 6.31. The number of methoxy groups -OCH3 is 2. The molecule has 1 aromatic carbocycles. The van der Waals surface area contributed by atoms with Gasteiger partial charge in [-0.2, -0.15) is 0 Å². The summed E-state index contributed by atoms with van der Waals surface area (Å²) < 4.78 is 10.5. The fourth-order valence-corrected chi connectivity index (χ4v) is 2.24. The third-order valence-corrected chi connectivity index (χ3v) is 3.54. The lowest BCUT2D eigenvalue weighted by Crippen LogP contribution is -2.25. The van der Waals surface area contributed by atoms with Gasteiger partial charge in [-0.25, -0.2) is 0 Å². The Hall–Kier alpha value is -1.75. The summed E-state index contributed by atoms with van der Waals surface area (Å²) in [5.74, 6) is 0.149. The first-order chi connectivity index (χ1) is 9.55. The Morgan fingerprint density at radius 1 is 1.25 bits per heavy atom. The van der Waals surface area contributed by atoms with Gasteiger partial charge in [0.2, 0.25) is 0 Å². The van der Waals surface area contributed by atoms with E-state index in [2.05, 4.69) is 0 Å². The highest BCUT2D eigenvalue weighted by Gasteiger charge is 2.22. The van der Waals surface area contributed by atoms with Crippen molar-refractivity contribution in [1.29, 1.82) is 0 Å². The Labute approximate surface area is 119 Å². The van der Waals surface area contributed by atoms with Crippen LogP contribution in [0.25, 0.3) is 0 Å². The number of ether oxygens (including phenoxy) is 2. The van der Waals surface area contributed by atoms with Crippen LogP contribution in [0.15, 0.2) is 18.2 Å². The molecule has 3 N–H and O–H groups in total. The van der Waals surface area contributed by atoms with Crippen molar-refractivity contribution in [2.24, 2.45) is 11.7 Å². The Morgan fingerprint density at radius 3 is 2.15 bits per heavy atom. The van der Waals surface area contributed by atoms with E-state index in [-0.39, 0.29) is 12.5 Å². The van der Waals surface area contributed by atoms with Crippen molar-refractivity contribution >= 4 is 5.97 Å². The number of rotatable bonds is 8. The van der Waals surface area contributed by atoms with E-state index < -0.39 is 11.9 Å².